The number of esters is 2. The highest BCUT2D eigenvalue weighted by Gasteiger charge is 2.04. The molecule has 0 N–H and O–H groups in total. The Labute approximate surface area is 103 Å². The van der Waals surface area contributed by atoms with E-state index in [2.05, 4.69) is 6.58 Å². The normalized spacial score (nSPS) is 10.1. The molecule has 4 heteroatoms. The van der Waals surface area contributed by atoms with Crippen LogP contribution in [0.3, 0.4) is 0 Å². The molecule has 0 amide bonds. The first-order chi connectivity index (χ1) is 8.06. The average Bonchev–Trinajstić information content (AvgIpc) is 2.26. The predicted octanol–water partition coefficient (Wildman–Crippen LogP) is 2.62. The lowest BCUT2D eigenvalue weighted by molar-refractivity contribution is -0.147. The highest BCUT2D eigenvalue weighted by molar-refractivity contribution is 5.81. The zero-order valence-electron chi connectivity index (χ0n) is 10.7. The quantitative estimate of drug-likeness (QED) is 0.354. The van der Waals surface area contributed by atoms with Gasteiger partial charge in [-0.15, -0.1) is 0 Å². The molecule has 0 aromatic rings. The van der Waals surface area contributed by atoms with Crippen molar-refractivity contribution in [2.24, 2.45) is 0 Å². The fourth-order valence-electron chi connectivity index (χ4n) is 1.28. The maximum Gasteiger partial charge on any atom is 0.330 e. The van der Waals surface area contributed by atoms with Crippen LogP contribution in [-0.4, -0.2) is 24.6 Å². The Hall–Kier alpha value is -1.32. The van der Waals surface area contributed by atoms with Crippen LogP contribution in [0.15, 0.2) is 12.7 Å². The Morgan fingerprint density at radius 3 is 2.41 bits per heavy atom. The summed E-state index contributed by atoms with van der Waals surface area (Å²) < 4.78 is 9.83. The summed E-state index contributed by atoms with van der Waals surface area (Å²) in [5.74, 6) is -0.524. The molecule has 0 aromatic heterocycles. The van der Waals surface area contributed by atoms with Gasteiger partial charge in [0.1, 0.15) is 0 Å². The van der Waals surface area contributed by atoms with E-state index in [1.54, 1.807) is 0 Å². The summed E-state index contributed by atoms with van der Waals surface area (Å²) in [5.41, 5.74) is 0. The van der Waals surface area contributed by atoms with Crippen molar-refractivity contribution in [3.8, 4) is 0 Å². The van der Waals surface area contributed by atoms with E-state index in [4.69, 9.17) is 9.47 Å². The average molecular weight is 242 g/mol. The first-order valence-corrected chi connectivity index (χ1v) is 6.05. The summed E-state index contributed by atoms with van der Waals surface area (Å²) in [6.45, 7) is 7.40. The summed E-state index contributed by atoms with van der Waals surface area (Å²) in [4.78, 5) is 21.9. The zero-order valence-corrected chi connectivity index (χ0v) is 10.7. The molecule has 0 fully saturated rings. The molecule has 0 heterocycles. The van der Waals surface area contributed by atoms with Crippen molar-refractivity contribution in [3.63, 3.8) is 0 Å². The second kappa shape index (κ2) is 9.87. The van der Waals surface area contributed by atoms with Crippen LogP contribution in [0.5, 0.6) is 0 Å². The third-order valence-electron chi connectivity index (χ3n) is 2.05. The first-order valence-electron chi connectivity index (χ1n) is 6.05. The Balaban J connectivity index is 3.26. The monoisotopic (exact) mass is 242 g/mol. The van der Waals surface area contributed by atoms with E-state index < -0.39 is 0 Å². The third-order valence-corrected chi connectivity index (χ3v) is 2.05. The van der Waals surface area contributed by atoms with Crippen LogP contribution < -0.4 is 0 Å². The lowest BCUT2D eigenvalue weighted by Crippen LogP contribution is -2.10. The van der Waals surface area contributed by atoms with E-state index >= 15 is 0 Å². The highest BCUT2D eigenvalue weighted by atomic mass is 16.5. The lowest BCUT2D eigenvalue weighted by Gasteiger charge is -2.07. The highest BCUT2D eigenvalue weighted by Crippen LogP contribution is 2.05. The maximum atomic E-state index is 11.2. The van der Waals surface area contributed by atoms with Gasteiger partial charge in [0.25, 0.3) is 0 Å². The molecule has 0 saturated carbocycles. The van der Waals surface area contributed by atoms with Gasteiger partial charge in [-0.2, -0.15) is 0 Å². The van der Waals surface area contributed by atoms with Gasteiger partial charge in [-0.25, -0.2) is 4.79 Å². The third kappa shape index (κ3) is 11.0. The molecule has 0 aliphatic rings. The van der Waals surface area contributed by atoms with Gasteiger partial charge < -0.3 is 9.47 Å². The summed E-state index contributed by atoms with van der Waals surface area (Å²) >= 11 is 0. The SMILES string of the molecule is C=CC(=O)OCCCCCCC(=O)OC(C)C. The van der Waals surface area contributed by atoms with E-state index in [9.17, 15) is 9.59 Å². The molecule has 0 aromatic carbocycles. The van der Waals surface area contributed by atoms with Crippen LogP contribution in [0.25, 0.3) is 0 Å². The van der Waals surface area contributed by atoms with Crippen molar-refractivity contribution in [3.05, 3.63) is 12.7 Å². The molecule has 0 aliphatic heterocycles. The minimum atomic E-state index is -0.384. The molecular formula is C13H22O4. The van der Waals surface area contributed by atoms with Crippen LogP contribution in [0, 0.1) is 0 Å². The number of carbonyl (C=O) groups excluding carboxylic acids is 2. The van der Waals surface area contributed by atoms with Crippen LogP contribution >= 0.6 is 0 Å². The van der Waals surface area contributed by atoms with Gasteiger partial charge >= 0.3 is 11.9 Å². The molecule has 0 bridgehead atoms. The molecule has 0 saturated heterocycles. The first kappa shape index (κ1) is 15.7. The Kier molecular flexibility index (Phi) is 9.11. The molecule has 4 nitrogen and oxygen atoms in total. The number of unbranched alkanes of at least 4 members (excludes halogenated alkanes) is 3. The smallest absolute Gasteiger partial charge is 0.330 e. The van der Waals surface area contributed by atoms with Crippen molar-refractivity contribution >= 4 is 11.9 Å². The van der Waals surface area contributed by atoms with E-state index in [1.807, 2.05) is 13.8 Å². The fourth-order valence-corrected chi connectivity index (χ4v) is 1.28. The maximum absolute atomic E-state index is 11.2. The number of hydrogen-bond acceptors (Lipinski definition) is 4. The summed E-state index contributed by atoms with van der Waals surface area (Å²) in [6.07, 6.45) is 5.10. The van der Waals surface area contributed by atoms with Gasteiger partial charge in [-0.05, 0) is 26.7 Å². The predicted molar refractivity (Wildman–Crippen MR) is 65.5 cm³/mol. The number of rotatable bonds is 9. The largest absolute Gasteiger partial charge is 0.463 e. The van der Waals surface area contributed by atoms with Crippen molar-refractivity contribution in [1.29, 1.82) is 0 Å². The van der Waals surface area contributed by atoms with E-state index in [-0.39, 0.29) is 18.0 Å². The van der Waals surface area contributed by atoms with Gasteiger partial charge in [0.15, 0.2) is 0 Å². The van der Waals surface area contributed by atoms with Crippen LogP contribution in [0.2, 0.25) is 0 Å². The minimum Gasteiger partial charge on any atom is -0.463 e. The number of ether oxygens (including phenoxy) is 2. The van der Waals surface area contributed by atoms with E-state index in [1.165, 1.54) is 0 Å². The van der Waals surface area contributed by atoms with Crippen molar-refractivity contribution < 1.29 is 19.1 Å². The molecule has 17 heavy (non-hydrogen) atoms. The van der Waals surface area contributed by atoms with Crippen molar-refractivity contribution in [2.45, 2.75) is 52.1 Å². The zero-order chi connectivity index (χ0) is 13.1. The van der Waals surface area contributed by atoms with Crippen LogP contribution in [-0.2, 0) is 19.1 Å². The Morgan fingerprint density at radius 2 is 1.82 bits per heavy atom. The van der Waals surface area contributed by atoms with Crippen LogP contribution in [0.4, 0.5) is 0 Å². The van der Waals surface area contributed by atoms with E-state index in [0.717, 1.165) is 31.8 Å². The summed E-state index contributed by atoms with van der Waals surface area (Å²) in [7, 11) is 0. The summed E-state index contributed by atoms with van der Waals surface area (Å²) in [5, 5.41) is 0. The van der Waals surface area contributed by atoms with Crippen molar-refractivity contribution in [1.82, 2.24) is 0 Å². The minimum absolute atomic E-state index is 0.0409. The molecule has 0 unspecified atom stereocenters. The molecular weight excluding hydrogens is 220 g/mol. The Morgan fingerprint density at radius 1 is 1.18 bits per heavy atom. The molecule has 0 rings (SSSR count). The standard InChI is InChI=1S/C13H22O4/c1-4-12(14)16-10-8-6-5-7-9-13(15)17-11(2)3/h4,11H,1,5-10H2,2-3H3. The summed E-state index contributed by atoms with van der Waals surface area (Å²) in [6, 6.07) is 0. The van der Waals surface area contributed by atoms with Gasteiger partial charge in [-0.3, -0.25) is 4.79 Å². The second-order valence-electron chi connectivity index (χ2n) is 4.07. The van der Waals surface area contributed by atoms with Crippen molar-refractivity contribution in [2.75, 3.05) is 6.61 Å². The molecule has 0 atom stereocenters. The van der Waals surface area contributed by atoms with Gasteiger partial charge in [0, 0.05) is 12.5 Å². The number of carbonyl (C=O) groups is 2. The Bertz CT molecular complexity index is 246. The van der Waals surface area contributed by atoms with Gasteiger partial charge in [0.05, 0.1) is 12.7 Å². The van der Waals surface area contributed by atoms with Gasteiger partial charge in [-0.1, -0.05) is 19.4 Å². The molecule has 0 radical (unpaired) electrons. The second-order valence-corrected chi connectivity index (χ2v) is 4.07. The van der Waals surface area contributed by atoms with Crippen LogP contribution in [0.1, 0.15) is 46.0 Å². The topological polar surface area (TPSA) is 52.6 Å². The fraction of sp³-hybridized carbons (Fsp3) is 0.692. The lowest BCUT2D eigenvalue weighted by atomic mass is 10.1. The molecule has 0 aliphatic carbocycles. The van der Waals surface area contributed by atoms with Gasteiger partial charge in [0.2, 0.25) is 0 Å². The molecule has 98 valence electrons. The number of hydrogen-bond donors (Lipinski definition) is 0. The van der Waals surface area contributed by atoms with E-state index in [0.29, 0.717) is 13.0 Å². The molecule has 0 spiro atoms.